The van der Waals surface area contributed by atoms with Crippen molar-refractivity contribution in [3.63, 3.8) is 0 Å². The normalized spacial score (nSPS) is 10.8. The smallest absolute Gasteiger partial charge is 0.266 e. The van der Waals surface area contributed by atoms with Gasteiger partial charge in [0.15, 0.2) is 0 Å². The molecule has 0 aliphatic rings. The summed E-state index contributed by atoms with van der Waals surface area (Å²) in [5.74, 6) is 0.705. The second-order valence-corrected chi connectivity index (χ2v) is 6.63. The summed E-state index contributed by atoms with van der Waals surface area (Å²) in [6.07, 6.45) is 1.48. The predicted octanol–water partition coefficient (Wildman–Crippen LogP) is 4.77. The molecule has 2 rings (SSSR count). The van der Waals surface area contributed by atoms with Crippen LogP contribution in [0.15, 0.2) is 50.9 Å². The molecule has 7 heteroatoms. The van der Waals surface area contributed by atoms with Gasteiger partial charge in [-0.1, -0.05) is 15.9 Å². The maximum atomic E-state index is 12.4. The van der Waals surface area contributed by atoms with E-state index in [1.165, 1.54) is 13.2 Å². The summed E-state index contributed by atoms with van der Waals surface area (Å²) in [5.41, 5.74) is 1.12. The molecule has 0 heterocycles. The number of carbonyl (C=O) groups is 1. The fourth-order valence-electron chi connectivity index (χ4n) is 2.08. The Bertz CT molecular complexity index is 856. The third-order valence-electron chi connectivity index (χ3n) is 3.25. The van der Waals surface area contributed by atoms with Crippen molar-refractivity contribution < 1.29 is 14.3 Å². The molecule has 1 amide bonds. The Morgan fingerprint density at radius 1 is 1.16 bits per heavy atom. The van der Waals surface area contributed by atoms with Gasteiger partial charge >= 0.3 is 0 Å². The van der Waals surface area contributed by atoms with E-state index in [1.807, 2.05) is 12.1 Å². The summed E-state index contributed by atoms with van der Waals surface area (Å²) in [4.78, 5) is 12.4. The number of amides is 1. The zero-order valence-corrected chi connectivity index (χ0v) is 16.6. The number of anilines is 1. The maximum absolute atomic E-state index is 12.4. The van der Waals surface area contributed by atoms with Crippen LogP contribution in [0.2, 0.25) is 0 Å². The van der Waals surface area contributed by atoms with Crippen LogP contribution in [0.1, 0.15) is 5.56 Å². The predicted molar refractivity (Wildman–Crippen MR) is 104 cm³/mol. The molecular formula is C18H14Br2N2O3. The van der Waals surface area contributed by atoms with Crippen LogP contribution in [0, 0.1) is 11.3 Å². The molecule has 25 heavy (non-hydrogen) atoms. The van der Waals surface area contributed by atoms with Crippen LogP contribution in [-0.4, -0.2) is 20.1 Å². The van der Waals surface area contributed by atoms with Gasteiger partial charge in [0.25, 0.3) is 5.91 Å². The second-order valence-electron chi connectivity index (χ2n) is 4.86. The Balaban J connectivity index is 2.31. The number of nitrogens with one attached hydrogen (secondary N) is 1. The molecule has 0 fully saturated rings. The van der Waals surface area contributed by atoms with E-state index in [0.717, 1.165) is 4.47 Å². The van der Waals surface area contributed by atoms with Gasteiger partial charge in [0.1, 0.15) is 23.1 Å². The van der Waals surface area contributed by atoms with Crippen molar-refractivity contribution in [2.75, 3.05) is 19.5 Å². The van der Waals surface area contributed by atoms with Crippen LogP contribution in [0.3, 0.4) is 0 Å². The van der Waals surface area contributed by atoms with Crippen LogP contribution < -0.4 is 14.8 Å². The van der Waals surface area contributed by atoms with Gasteiger partial charge < -0.3 is 14.8 Å². The minimum absolute atomic E-state index is 0.0425. The number of nitriles is 1. The van der Waals surface area contributed by atoms with Gasteiger partial charge in [-0.15, -0.1) is 0 Å². The van der Waals surface area contributed by atoms with E-state index in [2.05, 4.69) is 37.2 Å². The van der Waals surface area contributed by atoms with E-state index in [9.17, 15) is 10.1 Å². The summed E-state index contributed by atoms with van der Waals surface area (Å²) in [5, 5.41) is 12.0. The van der Waals surface area contributed by atoms with Gasteiger partial charge in [-0.05, 0) is 58.4 Å². The lowest BCUT2D eigenvalue weighted by Gasteiger charge is -2.09. The monoisotopic (exact) mass is 464 g/mol. The van der Waals surface area contributed by atoms with Gasteiger partial charge in [0.2, 0.25) is 0 Å². The van der Waals surface area contributed by atoms with E-state index in [1.54, 1.807) is 37.4 Å². The number of benzene rings is 2. The van der Waals surface area contributed by atoms with Crippen LogP contribution in [0.4, 0.5) is 5.69 Å². The van der Waals surface area contributed by atoms with Crippen LogP contribution in [0.25, 0.3) is 6.08 Å². The summed E-state index contributed by atoms with van der Waals surface area (Å²) in [6, 6.07) is 12.3. The number of rotatable bonds is 5. The first kappa shape index (κ1) is 19.0. The highest BCUT2D eigenvalue weighted by Crippen LogP contribution is 2.34. The van der Waals surface area contributed by atoms with Crippen molar-refractivity contribution >= 4 is 49.5 Å². The highest BCUT2D eigenvalue weighted by molar-refractivity contribution is 9.11. The molecule has 2 aromatic rings. The van der Waals surface area contributed by atoms with Crippen molar-refractivity contribution in [3.05, 3.63) is 56.5 Å². The van der Waals surface area contributed by atoms with Crippen molar-refractivity contribution in [1.29, 1.82) is 5.26 Å². The van der Waals surface area contributed by atoms with Crippen molar-refractivity contribution in [2.45, 2.75) is 0 Å². The Morgan fingerprint density at radius 2 is 1.84 bits per heavy atom. The van der Waals surface area contributed by atoms with E-state index in [4.69, 9.17) is 9.47 Å². The molecule has 0 atom stereocenters. The Kier molecular flexibility index (Phi) is 6.62. The highest BCUT2D eigenvalue weighted by Gasteiger charge is 2.13. The van der Waals surface area contributed by atoms with Gasteiger partial charge in [0.05, 0.1) is 18.7 Å². The first-order valence-electron chi connectivity index (χ1n) is 7.08. The van der Waals surface area contributed by atoms with Crippen molar-refractivity contribution in [2.24, 2.45) is 0 Å². The molecule has 2 aromatic carbocycles. The Hall–Kier alpha value is -2.30. The Morgan fingerprint density at radius 3 is 2.40 bits per heavy atom. The Labute approximate surface area is 162 Å². The third kappa shape index (κ3) is 4.84. The topological polar surface area (TPSA) is 71.3 Å². The largest absolute Gasteiger partial charge is 0.497 e. The van der Waals surface area contributed by atoms with Gasteiger partial charge in [-0.25, -0.2) is 0 Å². The van der Waals surface area contributed by atoms with E-state index < -0.39 is 5.91 Å². The van der Waals surface area contributed by atoms with E-state index in [-0.39, 0.29) is 5.57 Å². The van der Waals surface area contributed by atoms with E-state index >= 15 is 0 Å². The third-order valence-corrected chi connectivity index (χ3v) is 4.30. The number of carbonyl (C=O) groups excluding carboxylic acids is 1. The molecule has 5 nitrogen and oxygen atoms in total. The molecule has 128 valence electrons. The summed E-state index contributed by atoms with van der Waals surface area (Å²) in [7, 11) is 3.09. The lowest BCUT2D eigenvalue weighted by atomic mass is 10.1. The number of methoxy groups -OCH3 is 2. The minimum atomic E-state index is -0.509. The molecule has 0 aromatic heterocycles. The van der Waals surface area contributed by atoms with E-state index in [0.29, 0.717) is 27.2 Å². The van der Waals surface area contributed by atoms with Crippen molar-refractivity contribution in [3.8, 4) is 17.6 Å². The molecule has 0 unspecified atom stereocenters. The number of ether oxygens (including phenoxy) is 2. The number of nitrogens with zero attached hydrogens (tertiary/aromatic N) is 1. The van der Waals surface area contributed by atoms with Gasteiger partial charge in [-0.2, -0.15) is 5.26 Å². The number of hydrogen-bond acceptors (Lipinski definition) is 4. The maximum Gasteiger partial charge on any atom is 0.266 e. The molecule has 0 saturated heterocycles. The highest BCUT2D eigenvalue weighted by atomic mass is 79.9. The summed E-state index contributed by atoms with van der Waals surface area (Å²) in [6.45, 7) is 0. The fourth-order valence-corrected chi connectivity index (χ4v) is 3.50. The first-order chi connectivity index (χ1) is 12.0. The van der Waals surface area contributed by atoms with Crippen LogP contribution in [0.5, 0.6) is 11.5 Å². The number of halogens is 2. The molecule has 0 bridgehead atoms. The van der Waals surface area contributed by atoms with Crippen LogP contribution >= 0.6 is 31.9 Å². The lowest BCUT2D eigenvalue weighted by Crippen LogP contribution is -2.13. The zero-order chi connectivity index (χ0) is 18.4. The molecular weight excluding hydrogens is 452 g/mol. The zero-order valence-electron chi connectivity index (χ0n) is 13.5. The molecule has 0 aliphatic heterocycles. The van der Waals surface area contributed by atoms with Gasteiger partial charge in [-0.3, -0.25) is 4.79 Å². The second kappa shape index (κ2) is 8.70. The fraction of sp³-hybridized carbons (Fsp3) is 0.111. The van der Waals surface area contributed by atoms with Crippen molar-refractivity contribution in [1.82, 2.24) is 0 Å². The average Bonchev–Trinajstić information content (AvgIpc) is 2.59. The SMILES string of the molecule is COc1ccc(NC(=O)/C(C#N)=C/c2cc(Br)cc(Br)c2OC)cc1. The molecule has 0 aliphatic carbocycles. The first-order valence-corrected chi connectivity index (χ1v) is 8.67. The molecule has 0 saturated carbocycles. The molecule has 1 N–H and O–H groups in total. The summed E-state index contributed by atoms with van der Waals surface area (Å²) < 4.78 is 11.9. The lowest BCUT2D eigenvalue weighted by molar-refractivity contribution is -0.112. The minimum Gasteiger partial charge on any atom is -0.497 e. The number of hydrogen-bond donors (Lipinski definition) is 1. The standard InChI is InChI=1S/C18H14Br2N2O3/c1-24-15-5-3-14(4-6-15)22-18(23)12(10-21)7-11-8-13(19)9-16(20)17(11)25-2/h3-9H,1-2H3,(H,22,23)/b12-7+. The molecule has 0 spiro atoms. The van der Waals surface area contributed by atoms with Gasteiger partial charge in [0, 0.05) is 15.7 Å². The summed E-state index contributed by atoms with van der Waals surface area (Å²) >= 11 is 6.78. The van der Waals surface area contributed by atoms with Crippen LogP contribution in [-0.2, 0) is 4.79 Å². The molecule has 0 radical (unpaired) electrons. The average molecular weight is 466 g/mol. The quantitative estimate of drug-likeness (QED) is 0.509.